The number of alkyl halides is 1. The maximum Gasteiger partial charge on any atom is 0.222 e. The first kappa shape index (κ1) is 7.22. The lowest BCUT2D eigenvalue weighted by molar-refractivity contribution is 0.0406. The van der Waals surface area contributed by atoms with E-state index in [9.17, 15) is 4.39 Å². The Kier molecular flexibility index (Phi) is 2.02. The highest BCUT2D eigenvalue weighted by Gasteiger charge is 2.05. The molecule has 1 rings (SSSR count). The molecule has 0 bridgehead atoms. The Bertz CT molecular complexity index is 220. The van der Waals surface area contributed by atoms with Crippen LogP contribution in [0.1, 0.15) is 17.5 Å². The molecule has 0 aliphatic rings. The summed E-state index contributed by atoms with van der Waals surface area (Å²) in [6, 6.07) is 6.84. The summed E-state index contributed by atoms with van der Waals surface area (Å²) < 4.78 is 12.3. The molecule has 54 valence electrons. The number of benzene rings is 1. The summed E-state index contributed by atoms with van der Waals surface area (Å²) in [5, 5.41) is 8.54. The van der Waals surface area contributed by atoms with Gasteiger partial charge in [0.25, 0.3) is 0 Å². The molecule has 0 saturated carbocycles. The molecule has 0 aliphatic heterocycles. The zero-order chi connectivity index (χ0) is 7.56. The van der Waals surface area contributed by atoms with Gasteiger partial charge in [-0.3, -0.25) is 0 Å². The smallest absolute Gasteiger partial charge is 0.222 e. The average Bonchev–Trinajstić information content (AvgIpc) is 1.88. The van der Waals surface area contributed by atoms with Gasteiger partial charge >= 0.3 is 0 Å². The van der Waals surface area contributed by atoms with Crippen LogP contribution in [-0.2, 0) is 0 Å². The second-order valence-corrected chi connectivity index (χ2v) is 2.19. The van der Waals surface area contributed by atoms with Crippen molar-refractivity contribution in [1.82, 2.24) is 0 Å². The van der Waals surface area contributed by atoms with Crippen LogP contribution in [0, 0.1) is 6.92 Å². The summed E-state index contributed by atoms with van der Waals surface area (Å²) in [6.45, 7) is 1.76. The minimum Gasteiger partial charge on any atom is -0.360 e. The fourth-order valence-electron chi connectivity index (χ4n) is 0.854. The average molecular weight is 140 g/mol. The van der Waals surface area contributed by atoms with Crippen molar-refractivity contribution in [3.8, 4) is 0 Å². The molecule has 1 unspecified atom stereocenters. The highest BCUT2D eigenvalue weighted by molar-refractivity contribution is 5.26. The molecule has 1 aromatic carbocycles. The number of aliphatic hydroxyl groups is 1. The third-order valence-corrected chi connectivity index (χ3v) is 1.45. The lowest BCUT2D eigenvalue weighted by Gasteiger charge is -2.03. The third-order valence-electron chi connectivity index (χ3n) is 1.45. The summed E-state index contributed by atoms with van der Waals surface area (Å²) in [5.74, 6) is 0. The predicted molar refractivity (Wildman–Crippen MR) is 37.2 cm³/mol. The van der Waals surface area contributed by atoms with E-state index >= 15 is 0 Å². The molecule has 1 aromatic rings. The summed E-state index contributed by atoms with van der Waals surface area (Å²) in [4.78, 5) is 0. The minimum absolute atomic E-state index is 0.350. The lowest BCUT2D eigenvalue weighted by Crippen LogP contribution is -1.91. The summed E-state index contributed by atoms with van der Waals surface area (Å²) >= 11 is 0. The number of rotatable bonds is 1. The third kappa shape index (κ3) is 1.33. The zero-order valence-corrected chi connectivity index (χ0v) is 5.71. The topological polar surface area (TPSA) is 20.2 Å². The van der Waals surface area contributed by atoms with Gasteiger partial charge in [0.2, 0.25) is 6.36 Å². The van der Waals surface area contributed by atoms with E-state index < -0.39 is 6.36 Å². The molecule has 0 saturated heterocycles. The fourth-order valence-corrected chi connectivity index (χ4v) is 0.854. The Morgan fingerprint density at radius 2 is 2.00 bits per heavy atom. The molecular weight excluding hydrogens is 131 g/mol. The van der Waals surface area contributed by atoms with Gasteiger partial charge in [0.1, 0.15) is 0 Å². The quantitative estimate of drug-likeness (QED) is 0.632. The van der Waals surface area contributed by atoms with Crippen LogP contribution >= 0.6 is 0 Å². The summed E-state index contributed by atoms with van der Waals surface area (Å²) in [7, 11) is 0. The van der Waals surface area contributed by atoms with Crippen molar-refractivity contribution < 1.29 is 9.50 Å². The first-order valence-electron chi connectivity index (χ1n) is 3.09. The highest BCUT2D eigenvalue weighted by atomic mass is 19.1. The highest BCUT2D eigenvalue weighted by Crippen LogP contribution is 2.17. The van der Waals surface area contributed by atoms with Crippen molar-refractivity contribution in [2.75, 3.05) is 0 Å². The SMILES string of the molecule is Cc1ccccc1C(O)F. The van der Waals surface area contributed by atoms with Gasteiger partial charge in [0.15, 0.2) is 0 Å². The van der Waals surface area contributed by atoms with E-state index in [-0.39, 0.29) is 0 Å². The van der Waals surface area contributed by atoms with Crippen LogP contribution in [0.5, 0.6) is 0 Å². The lowest BCUT2D eigenvalue weighted by atomic mass is 10.1. The largest absolute Gasteiger partial charge is 0.360 e. The summed E-state index contributed by atoms with van der Waals surface area (Å²) in [6.07, 6.45) is -1.85. The number of hydrogen-bond donors (Lipinski definition) is 1. The normalized spacial score (nSPS) is 13.1. The first-order valence-corrected chi connectivity index (χ1v) is 3.09. The minimum atomic E-state index is -1.85. The van der Waals surface area contributed by atoms with Crippen molar-refractivity contribution in [2.45, 2.75) is 13.3 Å². The summed E-state index contributed by atoms with van der Waals surface area (Å²) in [5.41, 5.74) is 1.13. The fraction of sp³-hybridized carbons (Fsp3) is 0.250. The Hall–Kier alpha value is -0.890. The molecule has 1 atom stereocenters. The van der Waals surface area contributed by atoms with E-state index in [2.05, 4.69) is 0 Å². The maximum absolute atomic E-state index is 12.3. The standard InChI is InChI=1S/C8H9FO/c1-6-4-2-3-5-7(6)8(9)10/h2-5,8,10H,1H3. The molecule has 1 N–H and O–H groups in total. The second-order valence-electron chi connectivity index (χ2n) is 2.19. The molecule has 0 heterocycles. The Morgan fingerprint density at radius 3 is 2.40 bits per heavy atom. The molecule has 0 aromatic heterocycles. The van der Waals surface area contributed by atoms with E-state index in [0.717, 1.165) is 5.56 Å². The van der Waals surface area contributed by atoms with Crippen molar-refractivity contribution >= 4 is 0 Å². The monoisotopic (exact) mass is 140 g/mol. The van der Waals surface area contributed by atoms with Crippen molar-refractivity contribution in [1.29, 1.82) is 0 Å². The second kappa shape index (κ2) is 2.80. The Morgan fingerprint density at radius 1 is 1.40 bits per heavy atom. The van der Waals surface area contributed by atoms with Crippen LogP contribution in [0.25, 0.3) is 0 Å². The number of aliphatic hydroxyl groups excluding tert-OH is 1. The Labute approximate surface area is 59.1 Å². The van der Waals surface area contributed by atoms with Crippen molar-refractivity contribution in [3.05, 3.63) is 35.4 Å². The van der Waals surface area contributed by atoms with Crippen LogP contribution in [0.15, 0.2) is 24.3 Å². The van der Waals surface area contributed by atoms with Crippen LogP contribution in [0.2, 0.25) is 0 Å². The molecular formula is C8H9FO. The van der Waals surface area contributed by atoms with Crippen LogP contribution in [-0.4, -0.2) is 5.11 Å². The zero-order valence-electron chi connectivity index (χ0n) is 5.71. The molecule has 0 aliphatic carbocycles. The van der Waals surface area contributed by atoms with Gasteiger partial charge in [-0.25, -0.2) is 4.39 Å². The van der Waals surface area contributed by atoms with Gasteiger partial charge in [-0.2, -0.15) is 0 Å². The van der Waals surface area contributed by atoms with E-state index in [1.807, 2.05) is 0 Å². The number of aryl methyl sites for hydroxylation is 1. The van der Waals surface area contributed by atoms with Gasteiger partial charge in [-0.05, 0) is 12.5 Å². The molecule has 0 spiro atoms. The van der Waals surface area contributed by atoms with Crippen LogP contribution in [0.4, 0.5) is 4.39 Å². The number of halogens is 1. The van der Waals surface area contributed by atoms with E-state index in [1.54, 1.807) is 31.2 Å². The van der Waals surface area contributed by atoms with Gasteiger partial charge in [0.05, 0.1) is 0 Å². The molecule has 10 heavy (non-hydrogen) atoms. The van der Waals surface area contributed by atoms with E-state index in [4.69, 9.17) is 5.11 Å². The molecule has 0 amide bonds. The van der Waals surface area contributed by atoms with Crippen LogP contribution in [0.3, 0.4) is 0 Å². The molecule has 0 fully saturated rings. The van der Waals surface area contributed by atoms with Crippen molar-refractivity contribution in [2.24, 2.45) is 0 Å². The van der Waals surface area contributed by atoms with Gasteiger partial charge in [-0.15, -0.1) is 0 Å². The molecule has 2 heteroatoms. The van der Waals surface area contributed by atoms with E-state index in [1.165, 1.54) is 0 Å². The van der Waals surface area contributed by atoms with Crippen molar-refractivity contribution in [3.63, 3.8) is 0 Å². The number of hydrogen-bond acceptors (Lipinski definition) is 1. The molecule has 1 nitrogen and oxygen atoms in total. The van der Waals surface area contributed by atoms with Gasteiger partial charge in [0, 0.05) is 5.56 Å². The van der Waals surface area contributed by atoms with E-state index in [0.29, 0.717) is 5.56 Å². The maximum atomic E-state index is 12.3. The molecule has 0 radical (unpaired) electrons. The first-order chi connectivity index (χ1) is 4.72. The van der Waals surface area contributed by atoms with Crippen LogP contribution < -0.4 is 0 Å². The van der Waals surface area contributed by atoms with Gasteiger partial charge in [-0.1, -0.05) is 24.3 Å². The van der Waals surface area contributed by atoms with Gasteiger partial charge < -0.3 is 5.11 Å². The Balaban J connectivity index is 3.03. The predicted octanol–water partition coefficient (Wildman–Crippen LogP) is 1.96.